The van der Waals surface area contributed by atoms with Crippen molar-refractivity contribution in [3.05, 3.63) is 35.9 Å². The fraction of sp³-hybridized carbons (Fsp3) is 0.588. The number of ether oxygens (including phenoxy) is 1. The molecular formula is C17H27ClN2O2. The number of hydrogen-bond donors (Lipinski definition) is 1. The molecule has 0 bridgehead atoms. The first-order valence-electron chi connectivity index (χ1n) is 7.96. The number of nitrogens with zero attached hydrogens (tertiary/aromatic N) is 1. The predicted octanol–water partition coefficient (Wildman–Crippen LogP) is 2.27. The second-order valence-electron chi connectivity index (χ2n) is 5.44. The van der Waals surface area contributed by atoms with E-state index in [1.807, 2.05) is 23.1 Å². The molecule has 1 heterocycles. The molecule has 0 atom stereocenters. The highest BCUT2D eigenvalue weighted by Crippen LogP contribution is 2.03. The van der Waals surface area contributed by atoms with Crippen molar-refractivity contribution in [1.82, 2.24) is 10.2 Å². The average Bonchev–Trinajstić information content (AvgIpc) is 2.81. The van der Waals surface area contributed by atoms with Crippen LogP contribution in [0.5, 0.6) is 0 Å². The molecule has 0 saturated carbocycles. The Kier molecular flexibility index (Phi) is 9.87. The Balaban J connectivity index is 0.00000242. The van der Waals surface area contributed by atoms with Crippen LogP contribution < -0.4 is 5.32 Å². The van der Waals surface area contributed by atoms with Gasteiger partial charge in [0.15, 0.2) is 0 Å². The fourth-order valence-corrected chi connectivity index (χ4v) is 2.52. The number of halogens is 1. The molecule has 0 aliphatic carbocycles. The van der Waals surface area contributed by atoms with Crippen molar-refractivity contribution in [2.75, 3.05) is 39.4 Å². The minimum Gasteiger partial charge on any atom is -0.381 e. The molecule has 1 aliphatic rings. The fourth-order valence-electron chi connectivity index (χ4n) is 2.52. The molecule has 1 aliphatic heterocycles. The van der Waals surface area contributed by atoms with Gasteiger partial charge >= 0.3 is 0 Å². The lowest BCUT2D eigenvalue weighted by Crippen LogP contribution is -2.34. The molecule has 4 nitrogen and oxygen atoms in total. The summed E-state index contributed by atoms with van der Waals surface area (Å²) in [6.45, 7) is 5.07. The van der Waals surface area contributed by atoms with Gasteiger partial charge in [0.05, 0.1) is 6.61 Å². The van der Waals surface area contributed by atoms with Gasteiger partial charge in [-0.3, -0.25) is 4.79 Å². The van der Waals surface area contributed by atoms with E-state index in [4.69, 9.17) is 4.74 Å². The van der Waals surface area contributed by atoms with E-state index in [0.717, 1.165) is 52.0 Å². The summed E-state index contributed by atoms with van der Waals surface area (Å²) in [5, 5.41) is 3.31. The summed E-state index contributed by atoms with van der Waals surface area (Å²) in [4.78, 5) is 14.0. The van der Waals surface area contributed by atoms with Crippen LogP contribution in [0.2, 0.25) is 0 Å². The van der Waals surface area contributed by atoms with E-state index in [2.05, 4.69) is 17.4 Å². The predicted molar refractivity (Wildman–Crippen MR) is 91.5 cm³/mol. The third kappa shape index (κ3) is 7.25. The quantitative estimate of drug-likeness (QED) is 0.782. The number of carbonyl (C=O) groups excluding carboxylic acids is 1. The Morgan fingerprint density at radius 3 is 2.77 bits per heavy atom. The highest BCUT2D eigenvalue weighted by molar-refractivity contribution is 5.85. The summed E-state index contributed by atoms with van der Waals surface area (Å²) < 4.78 is 5.62. The maximum Gasteiger partial charge on any atom is 0.222 e. The van der Waals surface area contributed by atoms with Crippen LogP contribution in [0, 0.1) is 0 Å². The van der Waals surface area contributed by atoms with Gasteiger partial charge in [0, 0.05) is 32.7 Å². The minimum atomic E-state index is 0. The normalized spacial score (nSPS) is 15.0. The zero-order chi connectivity index (χ0) is 14.8. The first-order valence-corrected chi connectivity index (χ1v) is 7.96. The van der Waals surface area contributed by atoms with Crippen LogP contribution in [0.4, 0.5) is 0 Å². The number of rotatable bonds is 7. The van der Waals surface area contributed by atoms with Crippen LogP contribution in [-0.4, -0.2) is 50.2 Å². The number of amides is 1. The van der Waals surface area contributed by atoms with E-state index in [0.29, 0.717) is 13.0 Å². The molecule has 1 fully saturated rings. The second-order valence-corrected chi connectivity index (χ2v) is 5.44. The SMILES string of the molecule is Cl.O=C(CCCOCCc1ccccc1)N1CCCNCC1. The van der Waals surface area contributed by atoms with Crippen molar-refractivity contribution in [3.8, 4) is 0 Å². The molecule has 1 N–H and O–H groups in total. The summed E-state index contributed by atoms with van der Waals surface area (Å²) in [5.74, 6) is 0.269. The van der Waals surface area contributed by atoms with Crippen molar-refractivity contribution < 1.29 is 9.53 Å². The third-order valence-electron chi connectivity index (χ3n) is 3.75. The van der Waals surface area contributed by atoms with Crippen molar-refractivity contribution >= 4 is 18.3 Å². The molecule has 5 heteroatoms. The largest absolute Gasteiger partial charge is 0.381 e. The molecule has 0 aromatic heterocycles. The minimum absolute atomic E-state index is 0. The average molecular weight is 327 g/mol. The topological polar surface area (TPSA) is 41.6 Å². The summed E-state index contributed by atoms with van der Waals surface area (Å²) in [6.07, 6.45) is 3.41. The standard InChI is InChI=1S/C17H26N2O2.ClH/c20-17(19-12-5-10-18-11-13-19)8-4-14-21-15-9-16-6-2-1-3-7-16;/h1-3,6-7,18H,4-5,8-15H2;1H. The zero-order valence-electron chi connectivity index (χ0n) is 13.1. The Labute approximate surface area is 139 Å². The Morgan fingerprint density at radius 2 is 1.95 bits per heavy atom. The van der Waals surface area contributed by atoms with Crippen molar-refractivity contribution in [3.63, 3.8) is 0 Å². The van der Waals surface area contributed by atoms with Crippen LogP contribution in [0.15, 0.2) is 30.3 Å². The highest BCUT2D eigenvalue weighted by atomic mass is 35.5. The van der Waals surface area contributed by atoms with E-state index in [1.54, 1.807) is 0 Å². The van der Waals surface area contributed by atoms with E-state index < -0.39 is 0 Å². The van der Waals surface area contributed by atoms with Crippen LogP contribution in [0.25, 0.3) is 0 Å². The molecule has 0 spiro atoms. The van der Waals surface area contributed by atoms with Gasteiger partial charge < -0.3 is 15.0 Å². The summed E-state index contributed by atoms with van der Waals surface area (Å²) in [5.41, 5.74) is 1.30. The van der Waals surface area contributed by atoms with Crippen LogP contribution in [0.3, 0.4) is 0 Å². The molecule has 22 heavy (non-hydrogen) atoms. The van der Waals surface area contributed by atoms with Gasteiger partial charge in [-0.15, -0.1) is 12.4 Å². The summed E-state index contributed by atoms with van der Waals surface area (Å²) >= 11 is 0. The lowest BCUT2D eigenvalue weighted by Gasteiger charge is -2.19. The van der Waals surface area contributed by atoms with Crippen LogP contribution >= 0.6 is 12.4 Å². The molecule has 1 aromatic carbocycles. The highest BCUT2D eigenvalue weighted by Gasteiger charge is 2.14. The number of hydrogen-bond acceptors (Lipinski definition) is 3. The van der Waals surface area contributed by atoms with E-state index in [-0.39, 0.29) is 18.3 Å². The second kappa shape index (κ2) is 11.5. The first kappa shape index (κ1) is 18.9. The van der Waals surface area contributed by atoms with Gasteiger partial charge in [0.1, 0.15) is 0 Å². The maximum atomic E-state index is 12.0. The Hall–Kier alpha value is -1.10. The van der Waals surface area contributed by atoms with Gasteiger partial charge in [0.25, 0.3) is 0 Å². The lowest BCUT2D eigenvalue weighted by atomic mass is 10.2. The lowest BCUT2D eigenvalue weighted by molar-refractivity contribution is -0.131. The summed E-state index contributed by atoms with van der Waals surface area (Å²) in [7, 11) is 0. The van der Waals surface area contributed by atoms with Gasteiger partial charge in [-0.2, -0.15) is 0 Å². The van der Waals surface area contributed by atoms with Crippen molar-refractivity contribution in [1.29, 1.82) is 0 Å². The van der Waals surface area contributed by atoms with Crippen LogP contribution in [0.1, 0.15) is 24.8 Å². The smallest absolute Gasteiger partial charge is 0.222 e. The number of benzene rings is 1. The molecule has 124 valence electrons. The molecule has 0 unspecified atom stereocenters. The van der Waals surface area contributed by atoms with Gasteiger partial charge in [-0.1, -0.05) is 30.3 Å². The maximum absolute atomic E-state index is 12.0. The van der Waals surface area contributed by atoms with Crippen molar-refractivity contribution in [2.24, 2.45) is 0 Å². The van der Waals surface area contributed by atoms with Crippen molar-refractivity contribution in [2.45, 2.75) is 25.7 Å². The van der Waals surface area contributed by atoms with Crippen LogP contribution in [-0.2, 0) is 16.0 Å². The zero-order valence-corrected chi connectivity index (χ0v) is 13.9. The van der Waals surface area contributed by atoms with E-state index >= 15 is 0 Å². The van der Waals surface area contributed by atoms with E-state index in [1.165, 1.54) is 5.56 Å². The van der Waals surface area contributed by atoms with Gasteiger partial charge in [-0.25, -0.2) is 0 Å². The van der Waals surface area contributed by atoms with Gasteiger partial charge in [-0.05, 0) is 31.4 Å². The monoisotopic (exact) mass is 326 g/mol. The Morgan fingerprint density at radius 1 is 1.14 bits per heavy atom. The molecular weight excluding hydrogens is 300 g/mol. The number of carbonyl (C=O) groups is 1. The molecule has 0 radical (unpaired) electrons. The van der Waals surface area contributed by atoms with E-state index in [9.17, 15) is 4.79 Å². The molecule has 1 saturated heterocycles. The van der Waals surface area contributed by atoms with Gasteiger partial charge in [0.2, 0.25) is 5.91 Å². The Bertz CT molecular complexity index is 406. The third-order valence-corrected chi connectivity index (χ3v) is 3.75. The molecule has 2 rings (SSSR count). The first-order chi connectivity index (χ1) is 10.4. The summed E-state index contributed by atoms with van der Waals surface area (Å²) in [6, 6.07) is 10.3. The molecule has 1 amide bonds. The number of nitrogens with one attached hydrogen (secondary N) is 1. The molecule has 1 aromatic rings.